The molecule has 3 rings (SSSR count). The summed E-state index contributed by atoms with van der Waals surface area (Å²) < 4.78 is 3.43. The van der Waals surface area contributed by atoms with Crippen LogP contribution in [0.25, 0.3) is 5.69 Å². The first-order chi connectivity index (χ1) is 11.2. The molecule has 0 unspecified atom stereocenters. The van der Waals surface area contributed by atoms with E-state index in [1.54, 1.807) is 15.6 Å². The Bertz CT molecular complexity index is 750. The average Bonchev–Trinajstić information content (AvgIpc) is 3.25. The predicted octanol–water partition coefficient (Wildman–Crippen LogP) is 1.73. The molecule has 0 radical (unpaired) electrons. The van der Waals surface area contributed by atoms with Gasteiger partial charge in [0.05, 0.1) is 17.9 Å². The van der Waals surface area contributed by atoms with Gasteiger partial charge in [-0.25, -0.2) is 4.68 Å². The van der Waals surface area contributed by atoms with Crippen molar-refractivity contribution in [3.8, 4) is 5.69 Å². The van der Waals surface area contributed by atoms with E-state index in [1.165, 1.54) is 0 Å². The molecule has 3 aromatic rings. The highest BCUT2D eigenvalue weighted by Crippen LogP contribution is 2.11. The molecule has 1 amide bonds. The number of nitrogens with one attached hydrogen (secondary N) is 1. The molecule has 0 aliphatic rings. The van der Waals surface area contributed by atoms with E-state index in [0.717, 1.165) is 11.4 Å². The minimum absolute atomic E-state index is 0.0396. The normalized spacial score (nSPS) is 12.0. The third kappa shape index (κ3) is 3.82. The molecule has 2 heterocycles. The summed E-state index contributed by atoms with van der Waals surface area (Å²) in [7, 11) is 0. The van der Waals surface area contributed by atoms with Crippen LogP contribution in [0.4, 0.5) is 0 Å². The first-order valence-electron chi connectivity index (χ1n) is 7.47. The summed E-state index contributed by atoms with van der Waals surface area (Å²) in [5, 5.41) is 15.2. The van der Waals surface area contributed by atoms with Crippen molar-refractivity contribution in [3.05, 3.63) is 60.7 Å². The second-order valence-electron chi connectivity index (χ2n) is 5.23. The van der Waals surface area contributed by atoms with Gasteiger partial charge in [0, 0.05) is 25.4 Å². The molecule has 0 spiro atoms. The summed E-state index contributed by atoms with van der Waals surface area (Å²) in [6, 6.07) is 11.4. The molecule has 0 aliphatic carbocycles. The van der Waals surface area contributed by atoms with Crippen LogP contribution in [0.1, 0.15) is 25.1 Å². The molecule has 0 bridgehead atoms. The first kappa shape index (κ1) is 15.0. The van der Waals surface area contributed by atoms with E-state index >= 15 is 0 Å². The summed E-state index contributed by atoms with van der Waals surface area (Å²) >= 11 is 0. The fourth-order valence-corrected chi connectivity index (χ4v) is 2.22. The number of hydrogen-bond donors (Lipinski definition) is 1. The van der Waals surface area contributed by atoms with Crippen LogP contribution in [0.15, 0.2) is 55.0 Å². The molecule has 0 saturated carbocycles. The summed E-state index contributed by atoms with van der Waals surface area (Å²) in [5.74, 6) is -0.0396. The van der Waals surface area contributed by atoms with Gasteiger partial charge in [-0.2, -0.15) is 5.10 Å². The van der Waals surface area contributed by atoms with Crippen molar-refractivity contribution in [2.24, 2.45) is 0 Å². The number of amides is 1. The highest BCUT2D eigenvalue weighted by Gasteiger charge is 2.13. The maximum Gasteiger partial charge on any atom is 0.222 e. The lowest BCUT2D eigenvalue weighted by molar-refractivity contribution is -0.122. The molecule has 0 aliphatic heterocycles. The number of benzene rings is 1. The van der Waals surface area contributed by atoms with Gasteiger partial charge in [-0.3, -0.25) is 9.48 Å². The van der Waals surface area contributed by atoms with Crippen molar-refractivity contribution in [2.45, 2.75) is 25.9 Å². The standard InChI is InChI=1S/C16H18N6O/c1-13(18-16(23)8-11-21-10-5-9-17-21)15-12-22(20-19-15)14-6-3-2-4-7-14/h2-7,9-10,12-13H,8,11H2,1H3,(H,18,23)/t13-/m0/s1. The van der Waals surface area contributed by atoms with E-state index < -0.39 is 0 Å². The van der Waals surface area contributed by atoms with Crippen molar-refractivity contribution >= 4 is 5.91 Å². The highest BCUT2D eigenvalue weighted by atomic mass is 16.1. The molecule has 0 fully saturated rings. The largest absolute Gasteiger partial charge is 0.348 e. The number of carbonyl (C=O) groups excluding carboxylic acids is 1. The van der Waals surface area contributed by atoms with Crippen LogP contribution in [-0.4, -0.2) is 30.7 Å². The zero-order valence-electron chi connectivity index (χ0n) is 12.8. The van der Waals surface area contributed by atoms with Crippen molar-refractivity contribution in [1.82, 2.24) is 30.1 Å². The Hall–Kier alpha value is -2.96. The van der Waals surface area contributed by atoms with Crippen LogP contribution in [0.3, 0.4) is 0 Å². The van der Waals surface area contributed by atoms with E-state index in [1.807, 2.05) is 55.7 Å². The smallest absolute Gasteiger partial charge is 0.222 e. The van der Waals surface area contributed by atoms with Gasteiger partial charge < -0.3 is 5.32 Å². The maximum atomic E-state index is 12.0. The van der Waals surface area contributed by atoms with Gasteiger partial charge in [0.2, 0.25) is 5.91 Å². The molecule has 118 valence electrons. The van der Waals surface area contributed by atoms with Gasteiger partial charge in [-0.05, 0) is 25.1 Å². The predicted molar refractivity (Wildman–Crippen MR) is 84.8 cm³/mol. The lowest BCUT2D eigenvalue weighted by Gasteiger charge is -2.10. The fraction of sp³-hybridized carbons (Fsp3) is 0.250. The second-order valence-corrected chi connectivity index (χ2v) is 5.23. The minimum Gasteiger partial charge on any atom is -0.348 e. The van der Waals surface area contributed by atoms with Crippen molar-refractivity contribution in [1.29, 1.82) is 0 Å². The number of nitrogens with zero attached hydrogens (tertiary/aromatic N) is 5. The molecule has 1 N–H and O–H groups in total. The fourth-order valence-electron chi connectivity index (χ4n) is 2.22. The highest BCUT2D eigenvalue weighted by molar-refractivity contribution is 5.76. The third-order valence-electron chi connectivity index (χ3n) is 3.48. The Morgan fingerprint density at radius 1 is 1.26 bits per heavy atom. The van der Waals surface area contributed by atoms with Crippen LogP contribution < -0.4 is 5.32 Å². The summed E-state index contributed by atoms with van der Waals surface area (Å²) in [4.78, 5) is 12.0. The Kier molecular flexibility index (Phi) is 4.46. The third-order valence-corrected chi connectivity index (χ3v) is 3.48. The van der Waals surface area contributed by atoms with Crippen molar-refractivity contribution < 1.29 is 4.79 Å². The van der Waals surface area contributed by atoms with Crippen LogP contribution in [0.2, 0.25) is 0 Å². The van der Waals surface area contributed by atoms with Gasteiger partial charge in [-0.15, -0.1) is 5.10 Å². The minimum atomic E-state index is -0.197. The number of aryl methyl sites for hydroxylation is 1. The van der Waals surface area contributed by atoms with Crippen LogP contribution >= 0.6 is 0 Å². The Morgan fingerprint density at radius 2 is 2.09 bits per heavy atom. The Labute approximate surface area is 133 Å². The Balaban J connectivity index is 1.57. The summed E-state index contributed by atoms with van der Waals surface area (Å²) in [6.07, 6.45) is 5.73. The molecule has 7 nitrogen and oxygen atoms in total. The van der Waals surface area contributed by atoms with E-state index in [9.17, 15) is 4.79 Å². The van der Waals surface area contributed by atoms with E-state index in [-0.39, 0.29) is 11.9 Å². The van der Waals surface area contributed by atoms with Crippen molar-refractivity contribution in [3.63, 3.8) is 0 Å². The molecule has 0 saturated heterocycles. The Morgan fingerprint density at radius 3 is 2.83 bits per heavy atom. The number of aromatic nitrogens is 5. The number of carbonyl (C=O) groups is 1. The topological polar surface area (TPSA) is 77.6 Å². The first-order valence-corrected chi connectivity index (χ1v) is 7.47. The molecule has 7 heteroatoms. The van der Waals surface area contributed by atoms with Crippen molar-refractivity contribution in [2.75, 3.05) is 0 Å². The quantitative estimate of drug-likeness (QED) is 0.752. The molecular weight excluding hydrogens is 292 g/mol. The van der Waals surface area contributed by atoms with Gasteiger partial charge >= 0.3 is 0 Å². The lowest BCUT2D eigenvalue weighted by atomic mass is 10.2. The van der Waals surface area contributed by atoms with Gasteiger partial charge in [0.1, 0.15) is 5.69 Å². The number of para-hydroxylation sites is 1. The lowest BCUT2D eigenvalue weighted by Crippen LogP contribution is -2.27. The number of hydrogen-bond acceptors (Lipinski definition) is 4. The van der Waals surface area contributed by atoms with Gasteiger partial charge in [0.25, 0.3) is 0 Å². The SMILES string of the molecule is C[C@H](NC(=O)CCn1cccn1)c1cn(-c2ccccc2)nn1. The zero-order chi connectivity index (χ0) is 16.1. The van der Waals surface area contributed by atoms with Crippen LogP contribution in [0, 0.1) is 0 Å². The average molecular weight is 310 g/mol. The maximum absolute atomic E-state index is 12.0. The molecule has 23 heavy (non-hydrogen) atoms. The van der Waals surface area contributed by atoms with E-state index in [4.69, 9.17) is 0 Å². The summed E-state index contributed by atoms with van der Waals surface area (Å²) in [6.45, 7) is 2.45. The van der Waals surface area contributed by atoms with Gasteiger partial charge in [-0.1, -0.05) is 23.4 Å². The van der Waals surface area contributed by atoms with Gasteiger partial charge in [0.15, 0.2) is 0 Å². The molecule has 1 aromatic carbocycles. The number of rotatable bonds is 6. The second kappa shape index (κ2) is 6.87. The zero-order valence-corrected chi connectivity index (χ0v) is 12.8. The van der Waals surface area contributed by atoms with E-state index in [0.29, 0.717) is 13.0 Å². The molecule has 2 aromatic heterocycles. The van der Waals surface area contributed by atoms with Crippen LogP contribution in [-0.2, 0) is 11.3 Å². The monoisotopic (exact) mass is 310 g/mol. The van der Waals surface area contributed by atoms with Crippen LogP contribution in [0.5, 0.6) is 0 Å². The summed E-state index contributed by atoms with van der Waals surface area (Å²) in [5.41, 5.74) is 1.66. The molecule has 1 atom stereocenters. The van der Waals surface area contributed by atoms with E-state index in [2.05, 4.69) is 20.7 Å². The molecular formula is C16H18N6O.